The van der Waals surface area contributed by atoms with E-state index in [1.165, 1.54) is 12.1 Å². The fourth-order valence-electron chi connectivity index (χ4n) is 2.33. The number of furan rings is 3. The zero-order valence-electron chi connectivity index (χ0n) is 16.4. The molecule has 0 spiro atoms. The molecule has 0 aliphatic heterocycles. The highest BCUT2D eigenvalue weighted by Crippen LogP contribution is 2.10. The molecule has 3 heterocycles. The van der Waals surface area contributed by atoms with E-state index >= 15 is 0 Å². The van der Waals surface area contributed by atoms with E-state index in [4.69, 9.17) is 13.3 Å². The number of hydrazone groups is 2. The van der Waals surface area contributed by atoms with E-state index in [2.05, 4.69) is 21.1 Å². The Kier molecular flexibility index (Phi) is 5.77. The van der Waals surface area contributed by atoms with Gasteiger partial charge < -0.3 is 13.3 Å². The summed E-state index contributed by atoms with van der Waals surface area (Å²) in [6.07, 6.45) is 0. The maximum absolute atomic E-state index is 12.2. The van der Waals surface area contributed by atoms with E-state index in [9.17, 15) is 9.59 Å². The van der Waals surface area contributed by atoms with Crippen molar-refractivity contribution in [3.05, 3.63) is 71.0 Å². The molecule has 2 N–H and O–H groups in total. The van der Waals surface area contributed by atoms with E-state index in [1.54, 1.807) is 38.1 Å². The molecule has 29 heavy (non-hydrogen) atoms. The number of nitrogens with zero attached hydrogens (tertiary/aromatic N) is 2. The molecule has 0 saturated carbocycles. The van der Waals surface area contributed by atoms with Crippen LogP contribution in [0.2, 0.25) is 0 Å². The van der Waals surface area contributed by atoms with E-state index in [1.807, 2.05) is 13.8 Å². The minimum Gasteiger partial charge on any atom is -0.460 e. The van der Waals surface area contributed by atoms with E-state index in [-0.39, 0.29) is 11.5 Å². The summed E-state index contributed by atoms with van der Waals surface area (Å²) in [5.74, 6) is 1.24. The van der Waals surface area contributed by atoms with Gasteiger partial charge in [0.2, 0.25) is 0 Å². The van der Waals surface area contributed by atoms with Crippen LogP contribution in [0.4, 0.5) is 0 Å². The van der Waals surface area contributed by atoms with Gasteiger partial charge in [0.25, 0.3) is 0 Å². The largest absolute Gasteiger partial charge is 0.460 e. The summed E-state index contributed by atoms with van der Waals surface area (Å²) in [7, 11) is 0. The van der Waals surface area contributed by atoms with Gasteiger partial charge in [-0.15, -0.1) is 0 Å². The van der Waals surface area contributed by atoms with Crippen LogP contribution in [0.15, 0.2) is 59.9 Å². The molecule has 0 unspecified atom stereocenters. The Bertz CT molecular complexity index is 1020. The molecule has 0 aliphatic carbocycles. The monoisotopic (exact) mass is 396 g/mol. The third kappa shape index (κ3) is 4.89. The van der Waals surface area contributed by atoms with Crippen molar-refractivity contribution < 1.29 is 22.8 Å². The third-order valence-electron chi connectivity index (χ3n) is 3.90. The maximum Gasteiger partial charge on any atom is 0.307 e. The van der Waals surface area contributed by atoms with Crippen molar-refractivity contribution in [3.8, 4) is 0 Å². The minimum absolute atomic E-state index is 0.0651. The van der Waals surface area contributed by atoms with Crippen LogP contribution < -0.4 is 10.9 Å². The molecule has 3 rings (SSSR count). The summed E-state index contributed by atoms with van der Waals surface area (Å²) in [5.41, 5.74) is 5.70. The van der Waals surface area contributed by atoms with Gasteiger partial charge in [0.05, 0.1) is 0 Å². The summed E-state index contributed by atoms with van der Waals surface area (Å²) in [6, 6.07) is 9.84. The molecule has 0 fully saturated rings. The Hall–Kier alpha value is -3.88. The van der Waals surface area contributed by atoms with Gasteiger partial charge in [0, 0.05) is 0 Å². The van der Waals surface area contributed by atoms with Crippen molar-refractivity contribution in [2.24, 2.45) is 10.2 Å². The second-order valence-electron chi connectivity index (χ2n) is 6.26. The summed E-state index contributed by atoms with van der Waals surface area (Å²) >= 11 is 0. The first kappa shape index (κ1) is 19.9. The summed E-state index contributed by atoms with van der Waals surface area (Å²) in [4.78, 5) is 24.3. The number of nitrogens with one attached hydrogen (secondary N) is 2. The normalized spacial score (nSPS) is 12.1. The van der Waals surface area contributed by atoms with Gasteiger partial charge in [0.1, 0.15) is 34.5 Å². The van der Waals surface area contributed by atoms with Crippen molar-refractivity contribution in [1.29, 1.82) is 0 Å². The van der Waals surface area contributed by atoms with Crippen LogP contribution >= 0.6 is 0 Å². The van der Waals surface area contributed by atoms with Crippen molar-refractivity contribution >= 4 is 23.2 Å². The molecule has 0 aromatic carbocycles. The van der Waals surface area contributed by atoms with Gasteiger partial charge in [-0.3, -0.25) is 9.59 Å². The Labute approximate surface area is 166 Å². The molecule has 9 nitrogen and oxygen atoms in total. The SMILES string of the molecule is CC(=NNC(=O)c1ccc(C(=O)NN=C(C)c2ccc(C)o2)o1)c1ccc(C)o1. The molecular formula is C20H20N4O5. The smallest absolute Gasteiger partial charge is 0.307 e. The van der Waals surface area contributed by atoms with Crippen molar-refractivity contribution in [2.75, 3.05) is 0 Å². The standard InChI is InChI=1S/C20H20N4O5/c1-11-5-7-15(27-11)13(3)21-23-19(25)17-9-10-18(29-17)20(26)24-22-14(4)16-8-6-12(2)28-16/h5-10H,1-4H3,(H,23,25)(H,24,26). The first-order valence-electron chi connectivity index (χ1n) is 8.76. The molecule has 0 bridgehead atoms. The number of rotatable bonds is 6. The Morgan fingerprint density at radius 2 is 1.03 bits per heavy atom. The molecule has 0 aliphatic rings. The third-order valence-corrected chi connectivity index (χ3v) is 3.90. The van der Waals surface area contributed by atoms with Gasteiger partial charge in [0.15, 0.2) is 11.5 Å². The Morgan fingerprint density at radius 3 is 1.38 bits per heavy atom. The van der Waals surface area contributed by atoms with Crippen LogP contribution in [0.3, 0.4) is 0 Å². The lowest BCUT2D eigenvalue weighted by molar-refractivity contribution is 0.0902. The molecular weight excluding hydrogens is 376 g/mol. The quantitative estimate of drug-likeness (QED) is 0.488. The molecule has 2 amide bonds. The number of carbonyl (C=O) groups is 2. The molecule has 3 aromatic heterocycles. The number of hydrogen-bond acceptors (Lipinski definition) is 7. The lowest BCUT2D eigenvalue weighted by Crippen LogP contribution is -2.20. The first-order chi connectivity index (χ1) is 13.8. The van der Waals surface area contributed by atoms with Gasteiger partial charge >= 0.3 is 11.8 Å². The lowest BCUT2D eigenvalue weighted by Gasteiger charge is -2.00. The van der Waals surface area contributed by atoms with E-state index in [0.29, 0.717) is 22.9 Å². The fourth-order valence-corrected chi connectivity index (χ4v) is 2.33. The number of amides is 2. The second-order valence-corrected chi connectivity index (χ2v) is 6.26. The summed E-state index contributed by atoms with van der Waals surface area (Å²) in [5, 5.41) is 7.93. The highest BCUT2D eigenvalue weighted by Gasteiger charge is 2.16. The Balaban J connectivity index is 1.60. The molecule has 0 saturated heterocycles. The second kappa shape index (κ2) is 8.42. The van der Waals surface area contributed by atoms with Crippen LogP contribution in [-0.4, -0.2) is 23.2 Å². The summed E-state index contributed by atoms with van der Waals surface area (Å²) < 4.78 is 16.1. The van der Waals surface area contributed by atoms with Crippen molar-refractivity contribution in [3.63, 3.8) is 0 Å². The van der Waals surface area contributed by atoms with Gasteiger partial charge in [-0.25, -0.2) is 10.9 Å². The van der Waals surface area contributed by atoms with Crippen LogP contribution in [-0.2, 0) is 0 Å². The van der Waals surface area contributed by atoms with Crippen LogP contribution in [0.25, 0.3) is 0 Å². The van der Waals surface area contributed by atoms with Gasteiger partial charge in [-0.1, -0.05) is 0 Å². The maximum atomic E-state index is 12.2. The average molecular weight is 396 g/mol. The highest BCUT2D eigenvalue weighted by atomic mass is 16.4. The summed E-state index contributed by atoms with van der Waals surface area (Å²) in [6.45, 7) is 7.01. The number of hydrogen-bond donors (Lipinski definition) is 2. The predicted octanol–water partition coefficient (Wildman–Crippen LogP) is 3.39. The van der Waals surface area contributed by atoms with E-state index < -0.39 is 11.8 Å². The molecule has 150 valence electrons. The zero-order valence-corrected chi connectivity index (χ0v) is 16.4. The Morgan fingerprint density at radius 1 is 0.655 bits per heavy atom. The zero-order chi connectivity index (χ0) is 21.0. The topological polar surface area (TPSA) is 122 Å². The van der Waals surface area contributed by atoms with Gasteiger partial charge in [-0.05, 0) is 64.1 Å². The fraction of sp³-hybridized carbons (Fsp3) is 0.200. The number of aryl methyl sites for hydroxylation is 2. The molecule has 0 atom stereocenters. The van der Waals surface area contributed by atoms with Crippen LogP contribution in [0.5, 0.6) is 0 Å². The average Bonchev–Trinajstić information content (AvgIpc) is 3.44. The van der Waals surface area contributed by atoms with Crippen molar-refractivity contribution in [2.45, 2.75) is 27.7 Å². The predicted molar refractivity (Wildman–Crippen MR) is 105 cm³/mol. The molecule has 9 heteroatoms. The minimum atomic E-state index is -0.600. The van der Waals surface area contributed by atoms with Gasteiger partial charge in [-0.2, -0.15) is 10.2 Å². The van der Waals surface area contributed by atoms with Crippen LogP contribution in [0.1, 0.15) is 58.0 Å². The van der Waals surface area contributed by atoms with Crippen molar-refractivity contribution in [1.82, 2.24) is 10.9 Å². The highest BCUT2D eigenvalue weighted by molar-refractivity contribution is 6.00. The molecule has 0 radical (unpaired) electrons. The van der Waals surface area contributed by atoms with E-state index in [0.717, 1.165) is 11.5 Å². The number of carbonyl (C=O) groups excluding carboxylic acids is 2. The first-order valence-corrected chi connectivity index (χ1v) is 8.76. The van der Waals surface area contributed by atoms with Crippen LogP contribution in [0, 0.1) is 13.8 Å². The molecule has 3 aromatic rings. The lowest BCUT2D eigenvalue weighted by atomic mass is 10.3.